The zero-order valence-corrected chi connectivity index (χ0v) is 9.87. The number of carbonyl (C=O) groups is 1. The molecule has 0 amide bonds. The van der Waals surface area contributed by atoms with Crippen molar-refractivity contribution in [3.63, 3.8) is 0 Å². The van der Waals surface area contributed by atoms with Gasteiger partial charge in [-0.05, 0) is 12.8 Å². The molecule has 2 rings (SSSR count). The van der Waals surface area contributed by atoms with Crippen LogP contribution in [0.5, 0.6) is 0 Å². The Morgan fingerprint density at radius 3 is 3.00 bits per heavy atom. The van der Waals surface area contributed by atoms with Crippen LogP contribution in [-0.4, -0.2) is 26.3 Å². The monoisotopic (exact) mass is 255 g/mol. The summed E-state index contributed by atoms with van der Waals surface area (Å²) in [5.41, 5.74) is 5.15. The lowest BCUT2D eigenvalue weighted by Gasteiger charge is -2.14. The Morgan fingerprint density at radius 2 is 2.35 bits per heavy atom. The minimum atomic E-state index is -0.786. The van der Waals surface area contributed by atoms with Crippen molar-refractivity contribution in [3.05, 3.63) is 16.4 Å². The largest absolute Gasteiger partial charge is 0.481 e. The Labute approximate surface area is 102 Å². The molecular formula is C10H13N3O3S. The van der Waals surface area contributed by atoms with Gasteiger partial charge in [-0.25, -0.2) is 4.98 Å². The van der Waals surface area contributed by atoms with Crippen LogP contribution in [0, 0.1) is 5.92 Å². The summed E-state index contributed by atoms with van der Waals surface area (Å²) in [5, 5.41) is 9.39. The number of carboxylic acid groups (broad SMARTS) is 1. The number of aromatic nitrogens is 2. The van der Waals surface area contributed by atoms with Gasteiger partial charge < -0.3 is 15.8 Å². The van der Waals surface area contributed by atoms with Gasteiger partial charge in [-0.2, -0.15) is 0 Å². The number of nitrogens with two attached hydrogens (primary N) is 1. The van der Waals surface area contributed by atoms with Crippen molar-refractivity contribution in [1.29, 1.82) is 0 Å². The first-order chi connectivity index (χ1) is 8.06. The van der Waals surface area contributed by atoms with E-state index in [4.69, 9.17) is 10.8 Å². The van der Waals surface area contributed by atoms with E-state index in [1.807, 2.05) is 0 Å². The van der Waals surface area contributed by atoms with E-state index < -0.39 is 5.97 Å². The normalized spacial score (nSPS) is 23.8. The highest BCUT2D eigenvalue weighted by Crippen LogP contribution is 2.37. The molecule has 1 saturated carbocycles. The number of nitrogens with zero attached hydrogens (tertiary/aromatic N) is 1. The van der Waals surface area contributed by atoms with Gasteiger partial charge in [0.25, 0.3) is 5.56 Å². The van der Waals surface area contributed by atoms with Crippen molar-refractivity contribution in [3.8, 4) is 0 Å². The van der Waals surface area contributed by atoms with Gasteiger partial charge in [-0.15, -0.1) is 0 Å². The van der Waals surface area contributed by atoms with Crippen molar-refractivity contribution in [2.75, 3.05) is 5.73 Å². The first-order valence-electron chi connectivity index (χ1n) is 5.32. The van der Waals surface area contributed by atoms with Crippen molar-refractivity contribution in [1.82, 2.24) is 9.97 Å². The molecule has 1 aliphatic carbocycles. The molecule has 1 aromatic rings. The summed E-state index contributed by atoms with van der Waals surface area (Å²) < 4.78 is 0. The minimum Gasteiger partial charge on any atom is -0.481 e. The van der Waals surface area contributed by atoms with Gasteiger partial charge in [0.2, 0.25) is 0 Å². The highest BCUT2D eigenvalue weighted by Gasteiger charge is 2.34. The molecule has 92 valence electrons. The summed E-state index contributed by atoms with van der Waals surface area (Å²) in [7, 11) is 0. The fraction of sp³-hybridized carbons (Fsp3) is 0.500. The van der Waals surface area contributed by atoms with Gasteiger partial charge in [0.05, 0.1) is 5.92 Å². The predicted octanol–water partition coefficient (Wildman–Crippen LogP) is 0.698. The minimum absolute atomic E-state index is 0.0440. The molecule has 7 heteroatoms. The molecule has 0 aromatic carbocycles. The van der Waals surface area contributed by atoms with Crippen LogP contribution in [0.25, 0.3) is 0 Å². The van der Waals surface area contributed by atoms with E-state index >= 15 is 0 Å². The molecule has 0 radical (unpaired) electrons. The van der Waals surface area contributed by atoms with E-state index in [-0.39, 0.29) is 22.5 Å². The van der Waals surface area contributed by atoms with Gasteiger partial charge in [0.1, 0.15) is 5.82 Å². The Morgan fingerprint density at radius 1 is 1.59 bits per heavy atom. The third-order valence-corrected chi connectivity index (χ3v) is 4.06. The molecule has 17 heavy (non-hydrogen) atoms. The fourth-order valence-electron chi connectivity index (χ4n) is 2.00. The zero-order valence-electron chi connectivity index (χ0n) is 9.05. The molecule has 0 bridgehead atoms. The molecule has 2 unspecified atom stereocenters. The van der Waals surface area contributed by atoms with Crippen LogP contribution < -0.4 is 11.3 Å². The second-order valence-electron chi connectivity index (χ2n) is 4.01. The van der Waals surface area contributed by atoms with E-state index in [0.29, 0.717) is 11.6 Å². The number of aromatic amines is 1. The summed E-state index contributed by atoms with van der Waals surface area (Å²) in [4.78, 5) is 28.7. The third-order valence-electron chi connectivity index (χ3n) is 2.77. The van der Waals surface area contributed by atoms with Gasteiger partial charge in [-0.1, -0.05) is 18.2 Å². The third kappa shape index (κ3) is 2.79. The van der Waals surface area contributed by atoms with Crippen molar-refractivity contribution in [2.24, 2.45) is 5.92 Å². The summed E-state index contributed by atoms with van der Waals surface area (Å²) in [5.74, 6) is -1.00. The molecule has 1 fully saturated rings. The van der Waals surface area contributed by atoms with E-state index in [1.54, 1.807) is 0 Å². The maximum atomic E-state index is 11.2. The van der Waals surface area contributed by atoms with Crippen LogP contribution in [0.3, 0.4) is 0 Å². The van der Waals surface area contributed by atoms with Crippen LogP contribution in [0.1, 0.15) is 19.3 Å². The Bertz CT molecular complexity index is 488. The molecule has 4 N–H and O–H groups in total. The Balaban J connectivity index is 2.15. The molecule has 0 aliphatic heterocycles. The van der Waals surface area contributed by atoms with E-state index in [2.05, 4.69) is 9.97 Å². The number of hydrogen-bond acceptors (Lipinski definition) is 5. The zero-order chi connectivity index (χ0) is 12.4. The van der Waals surface area contributed by atoms with Crippen LogP contribution in [0.2, 0.25) is 0 Å². The standard InChI is InChI=1S/C10H13N3O3S/c11-7-4-8(14)13-10(12-7)17-6-3-1-2-5(6)9(15)16/h4-6H,1-3H2,(H,15,16)(H3,11,12,13,14). The number of nitrogens with one attached hydrogen (secondary N) is 1. The summed E-state index contributed by atoms with van der Waals surface area (Å²) in [6.07, 6.45) is 2.39. The lowest BCUT2D eigenvalue weighted by atomic mass is 10.1. The maximum absolute atomic E-state index is 11.2. The average molecular weight is 255 g/mol. The first kappa shape index (κ1) is 12.0. The van der Waals surface area contributed by atoms with Gasteiger partial charge >= 0.3 is 5.97 Å². The summed E-state index contributed by atoms with van der Waals surface area (Å²) >= 11 is 1.29. The van der Waals surface area contributed by atoms with Gasteiger partial charge in [0, 0.05) is 11.3 Å². The second kappa shape index (κ2) is 4.79. The number of thioether (sulfide) groups is 1. The smallest absolute Gasteiger partial charge is 0.307 e. The molecule has 0 spiro atoms. The number of hydrogen-bond donors (Lipinski definition) is 3. The molecule has 1 aromatic heterocycles. The van der Waals surface area contributed by atoms with Crippen molar-refractivity contribution in [2.45, 2.75) is 29.7 Å². The molecule has 1 heterocycles. The molecule has 6 nitrogen and oxygen atoms in total. The SMILES string of the molecule is Nc1cc(=O)[nH]c(SC2CCCC2C(=O)O)n1. The van der Waals surface area contributed by atoms with E-state index in [0.717, 1.165) is 12.8 Å². The predicted molar refractivity (Wildman–Crippen MR) is 63.9 cm³/mol. The molecule has 2 atom stereocenters. The lowest BCUT2D eigenvalue weighted by Crippen LogP contribution is -2.21. The highest BCUT2D eigenvalue weighted by atomic mass is 32.2. The molecule has 0 saturated heterocycles. The van der Waals surface area contributed by atoms with Crippen LogP contribution in [0.4, 0.5) is 5.82 Å². The van der Waals surface area contributed by atoms with E-state index in [1.165, 1.54) is 17.8 Å². The summed E-state index contributed by atoms with van der Waals surface area (Å²) in [6, 6.07) is 1.20. The number of rotatable bonds is 3. The Hall–Kier alpha value is -1.50. The van der Waals surface area contributed by atoms with Crippen molar-refractivity contribution < 1.29 is 9.90 Å². The fourth-order valence-corrected chi connectivity index (χ4v) is 3.31. The second-order valence-corrected chi connectivity index (χ2v) is 5.24. The lowest BCUT2D eigenvalue weighted by molar-refractivity contribution is -0.141. The van der Waals surface area contributed by atoms with Gasteiger partial charge in [-0.3, -0.25) is 9.59 Å². The quantitative estimate of drug-likeness (QED) is 0.686. The van der Waals surface area contributed by atoms with Crippen LogP contribution >= 0.6 is 11.8 Å². The van der Waals surface area contributed by atoms with E-state index in [9.17, 15) is 9.59 Å². The van der Waals surface area contributed by atoms with Gasteiger partial charge in [0.15, 0.2) is 5.16 Å². The first-order valence-corrected chi connectivity index (χ1v) is 6.20. The molecule has 1 aliphatic rings. The topological polar surface area (TPSA) is 109 Å². The maximum Gasteiger partial charge on any atom is 0.307 e. The highest BCUT2D eigenvalue weighted by molar-refractivity contribution is 7.99. The number of nitrogen functional groups attached to an aromatic ring is 1. The number of anilines is 1. The average Bonchev–Trinajstić information content (AvgIpc) is 2.63. The summed E-state index contributed by atoms with van der Waals surface area (Å²) in [6.45, 7) is 0. The number of carboxylic acids is 1. The van der Waals surface area contributed by atoms with Crippen molar-refractivity contribution >= 4 is 23.5 Å². The number of aliphatic carboxylic acids is 1. The van der Waals surface area contributed by atoms with Crippen LogP contribution in [-0.2, 0) is 4.79 Å². The van der Waals surface area contributed by atoms with Crippen LogP contribution in [0.15, 0.2) is 16.0 Å². The Kier molecular flexibility index (Phi) is 3.37. The molecular weight excluding hydrogens is 242 g/mol. The number of H-pyrrole nitrogens is 1.